The van der Waals surface area contributed by atoms with Crippen molar-refractivity contribution in [2.75, 3.05) is 39.1 Å². The van der Waals surface area contributed by atoms with E-state index in [0.717, 1.165) is 29.7 Å². The second kappa shape index (κ2) is 13.1. The minimum atomic E-state index is -0.202. The van der Waals surface area contributed by atoms with E-state index in [2.05, 4.69) is 15.6 Å². The van der Waals surface area contributed by atoms with Crippen molar-refractivity contribution in [3.8, 4) is 0 Å². The quantitative estimate of drug-likeness (QED) is 0.220. The van der Waals surface area contributed by atoms with Crippen LogP contribution in [0.5, 0.6) is 0 Å². The van der Waals surface area contributed by atoms with Gasteiger partial charge in [-0.3, -0.25) is 4.99 Å². The molecule has 0 saturated heterocycles. The number of methoxy groups -OCH3 is 1. The van der Waals surface area contributed by atoms with Crippen molar-refractivity contribution in [2.24, 2.45) is 4.99 Å². The van der Waals surface area contributed by atoms with Crippen molar-refractivity contribution in [3.63, 3.8) is 0 Å². The Bertz CT molecular complexity index is 404. The number of guanidine groups is 1. The SMILES string of the molecule is CCNC(=NCCOC)NCCSc1ccc(F)cc1.I. The smallest absolute Gasteiger partial charge is 0.191 e. The van der Waals surface area contributed by atoms with Crippen molar-refractivity contribution in [3.05, 3.63) is 30.1 Å². The monoisotopic (exact) mass is 427 g/mol. The Morgan fingerprint density at radius 2 is 2.00 bits per heavy atom. The molecule has 0 fully saturated rings. The predicted molar refractivity (Wildman–Crippen MR) is 98.4 cm³/mol. The van der Waals surface area contributed by atoms with Gasteiger partial charge in [0.25, 0.3) is 0 Å². The molecule has 0 bridgehead atoms. The summed E-state index contributed by atoms with van der Waals surface area (Å²) in [4.78, 5) is 5.43. The summed E-state index contributed by atoms with van der Waals surface area (Å²) in [6.45, 7) is 4.89. The second-order valence-corrected chi connectivity index (χ2v) is 5.15. The molecule has 0 amide bonds. The minimum absolute atomic E-state index is 0. The Hall–Kier alpha value is -0.540. The molecule has 0 atom stereocenters. The molecule has 1 aromatic carbocycles. The largest absolute Gasteiger partial charge is 0.383 e. The maximum absolute atomic E-state index is 12.8. The molecule has 0 unspecified atom stereocenters. The summed E-state index contributed by atoms with van der Waals surface area (Å²) in [6.07, 6.45) is 0. The van der Waals surface area contributed by atoms with Gasteiger partial charge in [0.15, 0.2) is 5.96 Å². The van der Waals surface area contributed by atoms with Gasteiger partial charge in [0.1, 0.15) is 5.82 Å². The van der Waals surface area contributed by atoms with E-state index >= 15 is 0 Å². The highest BCUT2D eigenvalue weighted by molar-refractivity contribution is 14.0. The molecule has 0 radical (unpaired) electrons. The molecule has 0 saturated carbocycles. The van der Waals surface area contributed by atoms with Gasteiger partial charge in [0.05, 0.1) is 13.2 Å². The van der Waals surface area contributed by atoms with Crippen LogP contribution >= 0.6 is 35.7 Å². The highest BCUT2D eigenvalue weighted by atomic mass is 127. The molecule has 4 nitrogen and oxygen atoms in total. The van der Waals surface area contributed by atoms with Crippen LogP contribution in [0.15, 0.2) is 34.2 Å². The summed E-state index contributed by atoms with van der Waals surface area (Å²) in [7, 11) is 1.66. The zero-order chi connectivity index (χ0) is 14.6. The molecular weight excluding hydrogens is 404 g/mol. The zero-order valence-electron chi connectivity index (χ0n) is 12.4. The summed E-state index contributed by atoms with van der Waals surface area (Å²) >= 11 is 1.68. The van der Waals surface area contributed by atoms with Gasteiger partial charge in [-0.15, -0.1) is 35.7 Å². The van der Waals surface area contributed by atoms with Crippen molar-refractivity contribution in [1.29, 1.82) is 0 Å². The lowest BCUT2D eigenvalue weighted by Gasteiger charge is -2.11. The average molecular weight is 427 g/mol. The summed E-state index contributed by atoms with van der Waals surface area (Å²) < 4.78 is 17.7. The fraction of sp³-hybridized carbons (Fsp3) is 0.500. The van der Waals surface area contributed by atoms with Crippen molar-refractivity contribution in [1.82, 2.24) is 10.6 Å². The second-order valence-electron chi connectivity index (χ2n) is 3.98. The van der Waals surface area contributed by atoms with E-state index in [1.165, 1.54) is 12.1 Å². The Morgan fingerprint density at radius 1 is 1.29 bits per heavy atom. The Kier molecular flexibility index (Phi) is 12.8. The molecule has 2 N–H and O–H groups in total. The Balaban J connectivity index is 0.00000400. The van der Waals surface area contributed by atoms with Crippen LogP contribution in [0, 0.1) is 5.82 Å². The van der Waals surface area contributed by atoms with Crippen LogP contribution in [-0.2, 0) is 4.74 Å². The van der Waals surface area contributed by atoms with Crippen LogP contribution in [0.2, 0.25) is 0 Å². The van der Waals surface area contributed by atoms with E-state index in [0.29, 0.717) is 13.2 Å². The van der Waals surface area contributed by atoms with Crippen LogP contribution < -0.4 is 10.6 Å². The number of ether oxygens (including phenoxy) is 1. The number of hydrogen-bond donors (Lipinski definition) is 2. The number of aliphatic imine (C=N–C) groups is 1. The van der Waals surface area contributed by atoms with Gasteiger partial charge in [-0.05, 0) is 31.2 Å². The highest BCUT2D eigenvalue weighted by Gasteiger charge is 1.98. The molecule has 120 valence electrons. The van der Waals surface area contributed by atoms with Gasteiger partial charge in [0, 0.05) is 30.8 Å². The molecule has 0 heterocycles. The third-order valence-corrected chi connectivity index (χ3v) is 3.40. The molecular formula is C14H23FIN3OS. The van der Waals surface area contributed by atoms with E-state index in [9.17, 15) is 4.39 Å². The Morgan fingerprint density at radius 3 is 2.62 bits per heavy atom. The lowest BCUT2D eigenvalue weighted by molar-refractivity contribution is 0.208. The maximum atomic E-state index is 12.8. The number of benzene rings is 1. The molecule has 0 aliphatic carbocycles. The third kappa shape index (κ3) is 9.92. The average Bonchev–Trinajstić information content (AvgIpc) is 2.45. The van der Waals surface area contributed by atoms with Gasteiger partial charge in [-0.25, -0.2) is 4.39 Å². The predicted octanol–water partition coefficient (Wildman–Crippen LogP) is 2.74. The summed E-state index contributed by atoms with van der Waals surface area (Å²) in [6, 6.07) is 6.54. The van der Waals surface area contributed by atoms with Gasteiger partial charge in [-0.2, -0.15) is 0 Å². The lowest BCUT2D eigenvalue weighted by atomic mass is 10.4. The summed E-state index contributed by atoms with van der Waals surface area (Å²) in [5, 5.41) is 6.42. The number of nitrogens with one attached hydrogen (secondary N) is 2. The number of rotatable bonds is 8. The van der Waals surface area contributed by atoms with E-state index in [-0.39, 0.29) is 29.8 Å². The fourth-order valence-electron chi connectivity index (χ4n) is 1.46. The minimum Gasteiger partial charge on any atom is -0.383 e. The zero-order valence-corrected chi connectivity index (χ0v) is 15.5. The number of thioether (sulfide) groups is 1. The van der Waals surface area contributed by atoms with Crippen molar-refractivity contribution >= 4 is 41.7 Å². The topological polar surface area (TPSA) is 45.7 Å². The number of halogens is 2. The van der Waals surface area contributed by atoms with E-state index in [1.54, 1.807) is 31.0 Å². The standard InChI is InChI=1S/C14H22FN3OS.HI/c1-3-16-14(17-8-10-19-2)18-9-11-20-13-6-4-12(15)5-7-13;/h4-7H,3,8-11H2,1-2H3,(H2,16,17,18);1H. The first-order chi connectivity index (χ1) is 9.76. The van der Waals surface area contributed by atoms with Gasteiger partial charge < -0.3 is 15.4 Å². The molecule has 0 aromatic heterocycles. The molecule has 21 heavy (non-hydrogen) atoms. The first-order valence-corrected chi connectivity index (χ1v) is 7.64. The van der Waals surface area contributed by atoms with E-state index in [1.807, 2.05) is 6.92 Å². The normalized spacial score (nSPS) is 10.9. The van der Waals surface area contributed by atoms with Crippen LogP contribution in [0.4, 0.5) is 4.39 Å². The molecule has 0 spiro atoms. The lowest BCUT2D eigenvalue weighted by Crippen LogP contribution is -2.38. The highest BCUT2D eigenvalue weighted by Crippen LogP contribution is 2.16. The molecule has 0 aliphatic rings. The van der Waals surface area contributed by atoms with Crippen LogP contribution in [-0.4, -0.2) is 45.1 Å². The number of nitrogens with zero attached hydrogens (tertiary/aromatic N) is 1. The summed E-state index contributed by atoms with van der Waals surface area (Å²) in [5.74, 6) is 1.48. The third-order valence-electron chi connectivity index (χ3n) is 2.39. The van der Waals surface area contributed by atoms with Gasteiger partial charge in [-0.1, -0.05) is 0 Å². The molecule has 1 rings (SSSR count). The van der Waals surface area contributed by atoms with E-state index < -0.39 is 0 Å². The first-order valence-electron chi connectivity index (χ1n) is 6.65. The molecule has 7 heteroatoms. The van der Waals surface area contributed by atoms with Gasteiger partial charge in [0.2, 0.25) is 0 Å². The van der Waals surface area contributed by atoms with Crippen LogP contribution in [0.3, 0.4) is 0 Å². The number of hydrogen-bond acceptors (Lipinski definition) is 3. The van der Waals surface area contributed by atoms with E-state index in [4.69, 9.17) is 4.74 Å². The van der Waals surface area contributed by atoms with Crippen LogP contribution in [0.1, 0.15) is 6.92 Å². The van der Waals surface area contributed by atoms with Crippen molar-refractivity contribution in [2.45, 2.75) is 11.8 Å². The Labute approximate surface area is 147 Å². The van der Waals surface area contributed by atoms with Crippen molar-refractivity contribution < 1.29 is 9.13 Å². The van der Waals surface area contributed by atoms with Crippen LogP contribution in [0.25, 0.3) is 0 Å². The molecule has 0 aliphatic heterocycles. The molecule has 1 aromatic rings. The maximum Gasteiger partial charge on any atom is 0.191 e. The summed E-state index contributed by atoms with van der Waals surface area (Å²) in [5.41, 5.74) is 0. The first kappa shape index (κ1) is 20.5. The fourth-order valence-corrected chi connectivity index (χ4v) is 2.23. The van der Waals surface area contributed by atoms with Gasteiger partial charge >= 0.3 is 0 Å².